The molecule has 0 aromatic heterocycles. The average Bonchev–Trinajstić information content (AvgIpc) is 2.48. The van der Waals surface area contributed by atoms with E-state index < -0.39 is 0 Å². The largest absolute Gasteiger partial charge is 0.392 e. The van der Waals surface area contributed by atoms with Crippen LogP contribution in [0.1, 0.15) is 46.5 Å². The van der Waals surface area contributed by atoms with Gasteiger partial charge in [0.15, 0.2) is 5.78 Å². The lowest BCUT2D eigenvalue weighted by Gasteiger charge is -2.65. The third-order valence-electron chi connectivity index (χ3n) is 6.13. The van der Waals surface area contributed by atoms with Crippen molar-refractivity contribution in [2.24, 2.45) is 22.2 Å². The minimum Gasteiger partial charge on any atom is -0.392 e. The minimum absolute atomic E-state index is 0.137. The quantitative estimate of drug-likeness (QED) is 0.699. The van der Waals surface area contributed by atoms with Crippen LogP contribution >= 0.6 is 15.9 Å². The number of rotatable bonds is 0. The number of aliphatic hydroxyl groups excluding tert-OH is 1. The highest BCUT2D eigenvalue weighted by molar-refractivity contribution is 9.10. The summed E-state index contributed by atoms with van der Waals surface area (Å²) in [4.78, 5) is 12.5. The average molecular weight is 301 g/mol. The van der Waals surface area contributed by atoms with Gasteiger partial charge in [-0.25, -0.2) is 0 Å². The highest BCUT2D eigenvalue weighted by atomic mass is 79.9. The lowest BCUT2D eigenvalue weighted by atomic mass is 9.38. The minimum atomic E-state index is -0.328. The molecule has 17 heavy (non-hydrogen) atoms. The Labute approximate surface area is 111 Å². The van der Waals surface area contributed by atoms with Crippen LogP contribution in [-0.2, 0) is 4.79 Å². The number of halogens is 1. The van der Waals surface area contributed by atoms with Crippen molar-refractivity contribution in [3.05, 3.63) is 0 Å². The maximum atomic E-state index is 12.7. The van der Waals surface area contributed by atoms with E-state index in [1.807, 2.05) is 0 Å². The molecule has 3 heteroatoms. The van der Waals surface area contributed by atoms with Crippen molar-refractivity contribution in [2.75, 3.05) is 0 Å². The van der Waals surface area contributed by atoms with Crippen molar-refractivity contribution in [1.82, 2.24) is 0 Å². The molecule has 0 aromatic rings. The monoisotopic (exact) mass is 300 g/mol. The van der Waals surface area contributed by atoms with Gasteiger partial charge in [-0.1, -0.05) is 36.7 Å². The Morgan fingerprint density at radius 3 is 2.59 bits per heavy atom. The molecule has 2 nitrogen and oxygen atoms in total. The van der Waals surface area contributed by atoms with Crippen molar-refractivity contribution in [1.29, 1.82) is 0 Å². The predicted molar refractivity (Wildman–Crippen MR) is 70.0 cm³/mol. The number of carbonyl (C=O) groups excluding carboxylic acids is 1. The molecule has 3 rings (SSSR count). The molecule has 0 saturated heterocycles. The molecule has 0 bridgehead atoms. The number of alkyl halides is 1. The number of Topliss-reactive ketones (excluding diaryl/α,β-unsaturated/α-hetero) is 1. The fraction of sp³-hybridized carbons (Fsp3) is 0.929. The second-order valence-corrected chi connectivity index (χ2v) is 8.33. The van der Waals surface area contributed by atoms with E-state index in [2.05, 4.69) is 36.7 Å². The molecule has 0 aliphatic heterocycles. The zero-order chi connectivity index (χ0) is 12.6. The summed E-state index contributed by atoms with van der Waals surface area (Å²) in [6.45, 7) is 6.68. The van der Waals surface area contributed by atoms with E-state index in [4.69, 9.17) is 0 Å². The van der Waals surface area contributed by atoms with Crippen LogP contribution in [0.15, 0.2) is 0 Å². The van der Waals surface area contributed by atoms with E-state index in [1.165, 1.54) is 0 Å². The topological polar surface area (TPSA) is 37.3 Å². The lowest BCUT2D eigenvalue weighted by Crippen LogP contribution is -2.67. The van der Waals surface area contributed by atoms with Gasteiger partial charge in [0.05, 0.1) is 10.9 Å². The van der Waals surface area contributed by atoms with Crippen LogP contribution in [0, 0.1) is 22.2 Å². The summed E-state index contributed by atoms with van der Waals surface area (Å²) in [6, 6.07) is 0. The first-order valence-electron chi connectivity index (χ1n) is 6.62. The molecule has 96 valence electrons. The Kier molecular flexibility index (Phi) is 2.26. The molecule has 0 unspecified atom stereocenters. The van der Waals surface area contributed by atoms with E-state index in [1.54, 1.807) is 0 Å². The van der Waals surface area contributed by atoms with Gasteiger partial charge in [-0.3, -0.25) is 4.79 Å². The standard InChI is InChI=1S/C14H21BrO2/c1-12(2)7-14-9(12)4-5-13(14,3)10(16)6-8(15)11(14)17/h8-10,16H,4-7H2,1-3H3/t8-,9-,10+,13+,14+/m0/s1. The zero-order valence-electron chi connectivity index (χ0n) is 10.8. The first-order valence-corrected chi connectivity index (χ1v) is 7.54. The molecule has 0 amide bonds. The molecule has 3 saturated carbocycles. The number of carbonyl (C=O) groups is 1. The fourth-order valence-electron chi connectivity index (χ4n) is 5.25. The lowest BCUT2D eigenvalue weighted by molar-refractivity contribution is -0.197. The van der Waals surface area contributed by atoms with E-state index in [-0.39, 0.29) is 27.2 Å². The number of ketones is 1. The summed E-state index contributed by atoms with van der Waals surface area (Å²) in [6.07, 6.45) is 3.33. The third-order valence-corrected chi connectivity index (χ3v) is 6.92. The van der Waals surface area contributed by atoms with Gasteiger partial charge in [0.1, 0.15) is 0 Å². The van der Waals surface area contributed by atoms with Gasteiger partial charge >= 0.3 is 0 Å². The van der Waals surface area contributed by atoms with Crippen LogP contribution < -0.4 is 0 Å². The van der Waals surface area contributed by atoms with Crippen molar-refractivity contribution >= 4 is 21.7 Å². The summed E-state index contributed by atoms with van der Waals surface area (Å²) in [7, 11) is 0. The molecule has 1 spiro atoms. The van der Waals surface area contributed by atoms with Crippen LogP contribution in [-0.4, -0.2) is 21.8 Å². The van der Waals surface area contributed by atoms with Crippen LogP contribution in [0.5, 0.6) is 0 Å². The first kappa shape index (κ1) is 12.2. The highest BCUT2D eigenvalue weighted by Gasteiger charge is 2.76. The molecular formula is C14H21BrO2. The number of aliphatic hydroxyl groups is 1. The molecule has 0 aromatic carbocycles. The molecule has 3 fully saturated rings. The van der Waals surface area contributed by atoms with E-state index in [9.17, 15) is 9.90 Å². The molecule has 3 aliphatic carbocycles. The Morgan fingerprint density at radius 2 is 2.00 bits per heavy atom. The Morgan fingerprint density at radius 1 is 1.35 bits per heavy atom. The fourth-order valence-corrected chi connectivity index (χ4v) is 6.01. The molecule has 0 heterocycles. The second kappa shape index (κ2) is 3.16. The van der Waals surface area contributed by atoms with Crippen molar-refractivity contribution in [3.8, 4) is 0 Å². The van der Waals surface area contributed by atoms with Gasteiger partial charge in [-0.05, 0) is 37.0 Å². The summed E-state index contributed by atoms with van der Waals surface area (Å²) in [5.41, 5.74) is -0.131. The van der Waals surface area contributed by atoms with Gasteiger partial charge in [-0.15, -0.1) is 0 Å². The SMILES string of the molecule is CC1(C)C[C@@]23C(=O)[C@@H](Br)C[C@@H](O)[C@@]2(C)CC[C@@H]13. The van der Waals surface area contributed by atoms with Gasteiger partial charge in [0.2, 0.25) is 0 Å². The van der Waals surface area contributed by atoms with Crippen molar-refractivity contribution < 1.29 is 9.90 Å². The predicted octanol–water partition coefficient (Wildman–Crippen LogP) is 2.92. The normalized spacial score (nSPS) is 56.1. The molecule has 1 N–H and O–H groups in total. The Bertz CT molecular complexity index is 392. The van der Waals surface area contributed by atoms with Crippen LogP contribution in [0.3, 0.4) is 0 Å². The number of hydrogen-bond donors (Lipinski definition) is 1. The van der Waals surface area contributed by atoms with E-state index in [0.29, 0.717) is 18.1 Å². The highest BCUT2D eigenvalue weighted by Crippen LogP contribution is 2.76. The third kappa shape index (κ3) is 1.14. The smallest absolute Gasteiger partial charge is 0.153 e. The van der Waals surface area contributed by atoms with E-state index >= 15 is 0 Å². The second-order valence-electron chi connectivity index (χ2n) is 7.23. The van der Waals surface area contributed by atoms with E-state index in [0.717, 1.165) is 19.3 Å². The van der Waals surface area contributed by atoms with Crippen LogP contribution in [0.4, 0.5) is 0 Å². The Balaban J connectivity index is 2.09. The van der Waals surface area contributed by atoms with Crippen molar-refractivity contribution in [3.63, 3.8) is 0 Å². The molecular weight excluding hydrogens is 280 g/mol. The summed E-state index contributed by atoms with van der Waals surface area (Å²) in [5.74, 6) is 0.842. The van der Waals surface area contributed by atoms with Gasteiger partial charge in [0.25, 0.3) is 0 Å². The van der Waals surface area contributed by atoms with Crippen molar-refractivity contribution in [2.45, 2.75) is 57.4 Å². The van der Waals surface area contributed by atoms with Gasteiger partial charge in [0, 0.05) is 10.8 Å². The summed E-state index contributed by atoms with van der Waals surface area (Å²) in [5, 5.41) is 10.4. The number of hydrogen-bond acceptors (Lipinski definition) is 2. The molecule has 0 radical (unpaired) electrons. The van der Waals surface area contributed by atoms with Gasteiger partial charge < -0.3 is 5.11 Å². The summed E-state index contributed by atoms with van der Waals surface area (Å²) < 4.78 is 0. The zero-order valence-corrected chi connectivity index (χ0v) is 12.4. The Hall–Kier alpha value is 0.110. The van der Waals surface area contributed by atoms with Crippen LogP contribution in [0.2, 0.25) is 0 Å². The first-order chi connectivity index (χ1) is 7.76. The maximum absolute atomic E-state index is 12.7. The van der Waals surface area contributed by atoms with Gasteiger partial charge in [-0.2, -0.15) is 0 Å². The maximum Gasteiger partial charge on any atom is 0.153 e. The summed E-state index contributed by atoms with van der Waals surface area (Å²) >= 11 is 3.48. The molecule has 5 atom stereocenters. The molecule has 3 aliphatic rings. The van der Waals surface area contributed by atoms with Crippen LogP contribution in [0.25, 0.3) is 0 Å².